The molecule has 4 heteroatoms. The Labute approximate surface area is 117 Å². The van der Waals surface area contributed by atoms with Crippen LogP contribution >= 0.6 is 0 Å². The molecule has 1 fully saturated rings. The van der Waals surface area contributed by atoms with Crippen LogP contribution in [-0.2, 0) is 16.0 Å². The number of imide groups is 1. The predicted octanol–water partition coefficient (Wildman–Crippen LogP) is 2.20. The summed E-state index contributed by atoms with van der Waals surface area (Å²) in [6.07, 6.45) is 2.46. The van der Waals surface area contributed by atoms with E-state index in [1.165, 1.54) is 4.90 Å². The van der Waals surface area contributed by atoms with Crippen molar-refractivity contribution in [1.82, 2.24) is 4.98 Å². The summed E-state index contributed by atoms with van der Waals surface area (Å²) in [5.74, 6) is -0.577. The molecule has 1 saturated heterocycles. The van der Waals surface area contributed by atoms with E-state index in [9.17, 15) is 9.59 Å². The number of para-hydroxylation sites is 1. The number of carbonyl (C=O) groups is 2. The lowest BCUT2D eigenvalue weighted by Gasteiger charge is -2.14. The van der Waals surface area contributed by atoms with E-state index >= 15 is 0 Å². The Kier molecular flexibility index (Phi) is 3.29. The highest BCUT2D eigenvalue weighted by Gasteiger charge is 2.39. The van der Waals surface area contributed by atoms with Crippen molar-refractivity contribution in [3.05, 3.63) is 60.4 Å². The van der Waals surface area contributed by atoms with Crippen LogP contribution in [0, 0.1) is 5.92 Å². The van der Waals surface area contributed by atoms with Gasteiger partial charge in [-0.05, 0) is 24.3 Å². The third kappa shape index (κ3) is 2.32. The molecule has 2 aromatic rings. The third-order valence-corrected chi connectivity index (χ3v) is 3.44. The number of hydrogen-bond acceptors (Lipinski definition) is 3. The van der Waals surface area contributed by atoms with E-state index in [-0.39, 0.29) is 24.2 Å². The molecule has 1 aliphatic rings. The second kappa shape index (κ2) is 5.25. The summed E-state index contributed by atoms with van der Waals surface area (Å²) in [5.41, 5.74) is 1.49. The summed E-state index contributed by atoms with van der Waals surface area (Å²) < 4.78 is 0. The molecule has 0 saturated carbocycles. The highest BCUT2D eigenvalue weighted by Crippen LogP contribution is 2.28. The first-order valence-corrected chi connectivity index (χ1v) is 6.57. The summed E-state index contributed by atoms with van der Waals surface area (Å²) in [5, 5.41) is 0. The maximum Gasteiger partial charge on any atom is 0.237 e. The Balaban J connectivity index is 1.81. The zero-order valence-electron chi connectivity index (χ0n) is 10.9. The standard InChI is InChI=1S/C16H14N2O2/c19-15-11-12(10-13-6-4-5-9-17-13)16(20)18(15)14-7-2-1-3-8-14/h1-9,12H,10-11H2. The van der Waals surface area contributed by atoms with E-state index in [0.29, 0.717) is 12.1 Å². The van der Waals surface area contributed by atoms with E-state index in [1.807, 2.05) is 36.4 Å². The molecule has 1 aromatic carbocycles. The van der Waals surface area contributed by atoms with E-state index in [1.54, 1.807) is 18.3 Å². The maximum atomic E-state index is 12.4. The predicted molar refractivity (Wildman–Crippen MR) is 75.0 cm³/mol. The first kappa shape index (κ1) is 12.5. The fourth-order valence-corrected chi connectivity index (χ4v) is 2.47. The first-order chi connectivity index (χ1) is 9.75. The van der Waals surface area contributed by atoms with Crippen LogP contribution in [0.5, 0.6) is 0 Å². The number of rotatable bonds is 3. The summed E-state index contributed by atoms with van der Waals surface area (Å²) in [4.78, 5) is 30.0. The second-order valence-corrected chi connectivity index (χ2v) is 4.83. The molecular formula is C16H14N2O2. The SMILES string of the molecule is O=C1CC(Cc2ccccn2)C(=O)N1c1ccccc1. The van der Waals surface area contributed by atoms with Crippen molar-refractivity contribution in [1.29, 1.82) is 0 Å². The minimum atomic E-state index is -0.308. The van der Waals surface area contributed by atoms with Crippen molar-refractivity contribution in [3.63, 3.8) is 0 Å². The van der Waals surface area contributed by atoms with Gasteiger partial charge in [0.25, 0.3) is 0 Å². The van der Waals surface area contributed by atoms with Gasteiger partial charge in [-0.15, -0.1) is 0 Å². The lowest BCUT2D eigenvalue weighted by Crippen LogP contribution is -2.30. The van der Waals surface area contributed by atoms with Crippen molar-refractivity contribution < 1.29 is 9.59 Å². The smallest absolute Gasteiger partial charge is 0.237 e. The fourth-order valence-electron chi connectivity index (χ4n) is 2.47. The number of amides is 2. The Morgan fingerprint density at radius 3 is 2.50 bits per heavy atom. The Hall–Kier alpha value is -2.49. The molecule has 20 heavy (non-hydrogen) atoms. The fraction of sp³-hybridized carbons (Fsp3) is 0.188. The number of benzene rings is 1. The van der Waals surface area contributed by atoms with Crippen LogP contribution in [0.4, 0.5) is 5.69 Å². The summed E-state index contributed by atoms with van der Waals surface area (Å²) in [7, 11) is 0. The van der Waals surface area contributed by atoms with Crippen molar-refractivity contribution in [3.8, 4) is 0 Å². The Bertz CT molecular complexity index is 625. The van der Waals surface area contributed by atoms with E-state index in [2.05, 4.69) is 4.98 Å². The minimum Gasteiger partial charge on any atom is -0.274 e. The molecule has 1 aromatic heterocycles. The van der Waals surface area contributed by atoms with Gasteiger partial charge in [0.1, 0.15) is 0 Å². The zero-order valence-corrected chi connectivity index (χ0v) is 10.9. The number of carbonyl (C=O) groups excluding carboxylic acids is 2. The Morgan fingerprint density at radius 1 is 1.05 bits per heavy atom. The molecule has 3 rings (SSSR count). The van der Waals surface area contributed by atoms with Crippen molar-refractivity contribution in [2.24, 2.45) is 5.92 Å². The number of aromatic nitrogens is 1. The van der Waals surface area contributed by atoms with Crippen LogP contribution in [0.2, 0.25) is 0 Å². The molecule has 0 radical (unpaired) electrons. The number of pyridine rings is 1. The van der Waals surface area contributed by atoms with Gasteiger partial charge in [-0.25, -0.2) is 0 Å². The normalized spacial score (nSPS) is 18.6. The van der Waals surface area contributed by atoms with Gasteiger partial charge in [-0.3, -0.25) is 19.5 Å². The van der Waals surface area contributed by atoms with Crippen molar-refractivity contribution >= 4 is 17.5 Å². The number of anilines is 1. The third-order valence-electron chi connectivity index (χ3n) is 3.44. The molecule has 1 atom stereocenters. The largest absolute Gasteiger partial charge is 0.274 e. The monoisotopic (exact) mass is 266 g/mol. The second-order valence-electron chi connectivity index (χ2n) is 4.83. The molecular weight excluding hydrogens is 252 g/mol. The van der Waals surface area contributed by atoms with Crippen LogP contribution in [0.25, 0.3) is 0 Å². The molecule has 2 heterocycles. The van der Waals surface area contributed by atoms with Gasteiger partial charge in [-0.2, -0.15) is 0 Å². The molecule has 100 valence electrons. The van der Waals surface area contributed by atoms with Crippen LogP contribution in [0.15, 0.2) is 54.7 Å². The van der Waals surface area contributed by atoms with Gasteiger partial charge in [0.2, 0.25) is 11.8 Å². The molecule has 0 spiro atoms. The van der Waals surface area contributed by atoms with Gasteiger partial charge in [0.05, 0.1) is 11.6 Å². The number of hydrogen-bond donors (Lipinski definition) is 0. The van der Waals surface area contributed by atoms with Crippen LogP contribution in [0.3, 0.4) is 0 Å². The molecule has 0 bridgehead atoms. The van der Waals surface area contributed by atoms with Crippen molar-refractivity contribution in [2.75, 3.05) is 4.90 Å². The summed E-state index contributed by atoms with van der Waals surface area (Å²) in [6.45, 7) is 0. The lowest BCUT2D eigenvalue weighted by atomic mass is 10.0. The molecule has 1 unspecified atom stereocenters. The van der Waals surface area contributed by atoms with Gasteiger partial charge in [0, 0.05) is 24.7 Å². The molecule has 4 nitrogen and oxygen atoms in total. The minimum absolute atomic E-state index is 0.133. The first-order valence-electron chi connectivity index (χ1n) is 6.57. The van der Waals surface area contributed by atoms with Crippen LogP contribution in [-0.4, -0.2) is 16.8 Å². The van der Waals surface area contributed by atoms with Gasteiger partial charge in [-0.1, -0.05) is 24.3 Å². The highest BCUT2D eigenvalue weighted by atomic mass is 16.2. The van der Waals surface area contributed by atoms with Crippen LogP contribution in [0.1, 0.15) is 12.1 Å². The highest BCUT2D eigenvalue weighted by molar-refractivity contribution is 6.20. The molecule has 0 aliphatic carbocycles. The van der Waals surface area contributed by atoms with E-state index in [4.69, 9.17) is 0 Å². The van der Waals surface area contributed by atoms with E-state index in [0.717, 1.165) is 5.69 Å². The molecule has 0 N–H and O–H groups in total. The number of nitrogens with zero attached hydrogens (tertiary/aromatic N) is 2. The zero-order chi connectivity index (χ0) is 13.9. The topological polar surface area (TPSA) is 50.3 Å². The molecule has 2 amide bonds. The quantitative estimate of drug-likeness (QED) is 0.800. The summed E-state index contributed by atoms with van der Waals surface area (Å²) in [6, 6.07) is 14.7. The van der Waals surface area contributed by atoms with Gasteiger partial charge in [0.15, 0.2) is 0 Å². The maximum absolute atomic E-state index is 12.4. The van der Waals surface area contributed by atoms with Crippen molar-refractivity contribution in [2.45, 2.75) is 12.8 Å². The van der Waals surface area contributed by atoms with Crippen LogP contribution < -0.4 is 4.90 Å². The van der Waals surface area contributed by atoms with E-state index < -0.39 is 0 Å². The molecule has 1 aliphatic heterocycles. The van der Waals surface area contributed by atoms with Gasteiger partial charge >= 0.3 is 0 Å². The average Bonchev–Trinajstić information content (AvgIpc) is 2.75. The Morgan fingerprint density at radius 2 is 1.80 bits per heavy atom. The van der Waals surface area contributed by atoms with Gasteiger partial charge < -0.3 is 0 Å². The lowest BCUT2D eigenvalue weighted by molar-refractivity contribution is -0.122. The summed E-state index contributed by atoms with van der Waals surface area (Å²) >= 11 is 0. The average molecular weight is 266 g/mol.